The molecule has 1 amide bonds. The number of rotatable bonds is 5. The average molecular weight is 316 g/mol. The van der Waals surface area contributed by atoms with E-state index in [2.05, 4.69) is 5.32 Å². The van der Waals surface area contributed by atoms with Crippen molar-refractivity contribution in [3.8, 4) is 0 Å². The molecule has 2 nitrogen and oxygen atoms in total. The first kappa shape index (κ1) is 14.6. The molecule has 2 rings (SSSR count). The maximum Gasteiger partial charge on any atom is 0.261 e. The summed E-state index contributed by atoms with van der Waals surface area (Å²) in [6, 6.07) is 9.84. The van der Waals surface area contributed by atoms with Crippen LogP contribution in [0.2, 0.25) is 0 Å². The van der Waals surface area contributed by atoms with Crippen LogP contribution in [-0.4, -0.2) is 23.2 Å². The Morgan fingerprint density at radius 1 is 1.32 bits per heavy atom. The highest BCUT2D eigenvalue weighted by Gasteiger charge is 2.29. The molecule has 0 bridgehead atoms. The molecule has 0 fully saturated rings. The summed E-state index contributed by atoms with van der Waals surface area (Å²) in [4.78, 5) is 13.0. The minimum absolute atomic E-state index is 0.107. The normalized spacial score (nSPS) is 11.7. The molecule has 0 unspecified atom stereocenters. The summed E-state index contributed by atoms with van der Waals surface area (Å²) in [7, 11) is 0. The standard InChI is InChI=1S/C14H15Cl2NOS/c1-2-14(8-15,9-16)17-13(18)12-7-10-5-3-4-6-11(10)19-12/h3-7H,2,8-9H2,1H3,(H,17,18). The zero-order valence-corrected chi connectivity index (χ0v) is 12.9. The van der Waals surface area contributed by atoms with Crippen LogP contribution in [0, 0.1) is 0 Å². The molecule has 1 aromatic carbocycles. The van der Waals surface area contributed by atoms with Crippen LogP contribution in [0.5, 0.6) is 0 Å². The van der Waals surface area contributed by atoms with Gasteiger partial charge in [-0.2, -0.15) is 0 Å². The second-order valence-electron chi connectivity index (χ2n) is 4.50. The second-order valence-corrected chi connectivity index (χ2v) is 6.12. The van der Waals surface area contributed by atoms with E-state index in [9.17, 15) is 4.79 Å². The summed E-state index contributed by atoms with van der Waals surface area (Å²) >= 11 is 13.4. The van der Waals surface area contributed by atoms with Crippen molar-refractivity contribution < 1.29 is 4.79 Å². The highest BCUT2D eigenvalue weighted by atomic mass is 35.5. The Balaban J connectivity index is 2.24. The van der Waals surface area contributed by atoms with Gasteiger partial charge in [0.1, 0.15) is 0 Å². The lowest BCUT2D eigenvalue weighted by molar-refractivity contribution is 0.0918. The van der Waals surface area contributed by atoms with Crippen molar-refractivity contribution in [2.24, 2.45) is 0 Å². The lowest BCUT2D eigenvalue weighted by Crippen LogP contribution is -2.51. The van der Waals surface area contributed by atoms with Gasteiger partial charge < -0.3 is 5.32 Å². The van der Waals surface area contributed by atoms with Gasteiger partial charge in [-0.15, -0.1) is 34.5 Å². The molecule has 0 aliphatic carbocycles. The van der Waals surface area contributed by atoms with Crippen molar-refractivity contribution in [2.45, 2.75) is 18.9 Å². The number of thiophene rings is 1. The zero-order chi connectivity index (χ0) is 13.9. The number of hydrogen-bond donors (Lipinski definition) is 1. The maximum atomic E-state index is 12.3. The summed E-state index contributed by atoms with van der Waals surface area (Å²) in [5.41, 5.74) is -0.531. The first-order chi connectivity index (χ1) is 9.14. The minimum atomic E-state index is -0.531. The van der Waals surface area contributed by atoms with Gasteiger partial charge in [-0.05, 0) is 23.9 Å². The molecule has 2 aromatic rings. The summed E-state index contributed by atoms with van der Waals surface area (Å²) in [5, 5.41) is 4.04. The van der Waals surface area contributed by atoms with Gasteiger partial charge in [-0.3, -0.25) is 4.79 Å². The summed E-state index contributed by atoms with van der Waals surface area (Å²) in [5.74, 6) is 0.511. The van der Waals surface area contributed by atoms with E-state index in [-0.39, 0.29) is 5.91 Å². The molecular weight excluding hydrogens is 301 g/mol. The molecule has 0 aliphatic rings. The molecule has 5 heteroatoms. The topological polar surface area (TPSA) is 29.1 Å². The number of fused-ring (bicyclic) bond motifs is 1. The van der Waals surface area contributed by atoms with E-state index in [1.54, 1.807) is 0 Å². The largest absolute Gasteiger partial charge is 0.344 e. The van der Waals surface area contributed by atoms with Crippen molar-refractivity contribution in [1.29, 1.82) is 0 Å². The van der Waals surface area contributed by atoms with Crippen LogP contribution in [-0.2, 0) is 0 Å². The smallest absolute Gasteiger partial charge is 0.261 e. The summed E-state index contributed by atoms with van der Waals surface area (Å²) in [6.45, 7) is 1.97. The third-order valence-corrected chi connectivity index (χ3v) is 5.35. The molecule has 1 aromatic heterocycles. The Morgan fingerprint density at radius 2 is 2.00 bits per heavy atom. The van der Waals surface area contributed by atoms with Crippen LogP contribution < -0.4 is 5.32 Å². The molecule has 0 saturated carbocycles. The first-order valence-corrected chi connectivity index (χ1v) is 7.95. The van der Waals surface area contributed by atoms with Gasteiger partial charge in [0.05, 0.1) is 10.4 Å². The van der Waals surface area contributed by atoms with Crippen LogP contribution in [0.1, 0.15) is 23.0 Å². The van der Waals surface area contributed by atoms with E-state index in [4.69, 9.17) is 23.2 Å². The molecule has 19 heavy (non-hydrogen) atoms. The van der Waals surface area contributed by atoms with Crippen LogP contribution in [0.4, 0.5) is 0 Å². The fourth-order valence-electron chi connectivity index (χ4n) is 1.78. The van der Waals surface area contributed by atoms with E-state index >= 15 is 0 Å². The van der Waals surface area contributed by atoms with E-state index in [0.29, 0.717) is 23.1 Å². The van der Waals surface area contributed by atoms with Gasteiger partial charge in [0.15, 0.2) is 0 Å². The predicted octanol–water partition coefficient (Wildman–Crippen LogP) is 4.26. The summed E-state index contributed by atoms with van der Waals surface area (Å²) in [6.07, 6.45) is 0.705. The molecule has 0 atom stereocenters. The molecule has 1 N–H and O–H groups in total. The lowest BCUT2D eigenvalue weighted by Gasteiger charge is -2.29. The van der Waals surface area contributed by atoms with Crippen LogP contribution >= 0.6 is 34.5 Å². The number of amides is 1. The zero-order valence-electron chi connectivity index (χ0n) is 10.6. The Kier molecular flexibility index (Phi) is 4.71. The van der Waals surface area contributed by atoms with Crippen molar-refractivity contribution in [3.05, 3.63) is 35.2 Å². The third kappa shape index (κ3) is 3.04. The fourth-order valence-corrected chi connectivity index (χ4v) is 3.53. The van der Waals surface area contributed by atoms with E-state index in [0.717, 1.165) is 10.1 Å². The number of halogens is 2. The Hall–Kier alpha value is -0.770. The SMILES string of the molecule is CCC(CCl)(CCl)NC(=O)c1cc2ccccc2s1. The van der Waals surface area contributed by atoms with Crippen molar-refractivity contribution in [3.63, 3.8) is 0 Å². The molecular formula is C14H15Cl2NOS. The van der Waals surface area contributed by atoms with Crippen LogP contribution in [0.3, 0.4) is 0 Å². The Bertz CT molecular complexity index is 536. The average Bonchev–Trinajstić information content (AvgIpc) is 2.89. The Morgan fingerprint density at radius 3 is 2.58 bits per heavy atom. The van der Waals surface area contributed by atoms with E-state index in [1.165, 1.54) is 11.3 Å². The van der Waals surface area contributed by atoms with Gasteiger partial charge in [-0.1, -0.05) is 25.1 Å². The van der Waals surface area contributed by atoms with Crippen LogP contribution in [0.15, 0.2) is 30.3 Å². The molecule has 102 valence electrons. The third-order valence-electron chi connectivity index (χ3n) is 3.22. The van der Waals surface area contributed by atoms with E-state index in [1.807, 2.05) is 37.3 Å². The highest BCUT2D eigenvalue weighted by Crippen LogP contribution is 2.26. The quantitative estimate of drug-likeness (QED) is 0.821. The van der Waals surface area contributed by atoms with Crippen LogP contribution in [0.25, 0.3) is 10.1 Å². The predicted molar refractivity (Wildman–Crippen MR) is 83.8 cm³/mol. The fraction of sp³-hybridized carbons (Fsp3) is 0.357. The van der Waals surface area contributed by atoms with Gasteiger partial charge in [-0.25, -0.2) is 0 Å². The first-order valence-electron chi connectivity index (χ1n) is 6.07. The highest BCUT2D eigenvalue weighted by molar-refractivity contribution is 7.20. The van der Waals surface area contributed by atoms with Gasteiger partial charge in [0.25, 0.3) is 5.91 Å². The number of carbonyl (C=O) groups is 1. The molecule has 1 heterocycles. The van der Waals surface area contributed by atoms with Gasteiger partial charge in [0, 0.05) is 16.5 Å². The van der Waals surface area contributed by atoms with Crippen molar-refractivity contribution >= 4 is 50.5 Å². The lowest BCUT2D eigenvalue weighted by atomic mass is 10.0. The van der Waals surface area contributed by atoms with Crippen molar-refractivity contribution in [2.75, 3.05) is 11.8 Å². The number of benzene rings is 1. The molecule has 0 saturated heterocycles. The molecule has 0 aliphatic heterocycles. The monoisotopic (exact) mass is 315 g/mol. The number of hydrogen-bond acceptors (Lipinski definition) is 2. The second kappa shape index (κ2) is 6.12. The number of alkyl halides is 2. The van der Waals surface area contributed by atoms with Crippen molar-refractivity contribution in [1.82, 2.24) is 5.32 Å². The molecule has 0 spiro atoms. The molecule has 0 radical (unpaired) electrons. The minimum Gasteiger partial charge on any atom is -0.344 e. The number of carbonyl (C=O) groups excluding carboxylic acids is 1. The van der Waals surface area contributed by atoms with E-state index < -0.39 is 5.54 Å². The number of nitrogens with one attached hydrogen (secondary N) is 1. The summed E-state index contributed by atoms with van der Waals surface area (Å²) < 4.78 is 1.10. The Labute approximate surface area is 126 Å². The van der Waals surface area contributed by atoms with Gasteiger partial charge in [0.2, 0.25) is 0 Å². The van der Waals surface area contributed by atoms with Gasteiger partial charge >= 0.3 is 0 Å². The maximum absolute atomic E-state index is 12.3.